The number of unbranched alkanes of at least 4 members (excludes halogenated alkanes) is 5. The third-order valence-corrected chi connectivity index (χ3v) is 4.38. The van der Waals surface area contributed by atoms with Gasteiger partial charge in [-0.05, 0) is 6.42 Å². The maximum absolute atomic E-state index is 11.0. The zero-order valence-corrected chi connectivity index (χ0v) is 14.8. The summed E-state index contributed by atoms with van der Waals surface area (Å²) in [5, 5.41) is 28.9. The maximum Gasteiger partial charge on any atom is 0.470 e. The SMILES string of the molecule is CCCCCCCCO[C@@H]1O[C@H](CO)[C@@H](O)[C@H](O)[C@H]1OP(=O)(O)O. The lowest BCUT2D eigenvalue weighted by atomic mass is 9.99. The maximum atomic E-state index is 11.0. The molecule has 1 saturated heterocycles. The minimum Gasteiger partial charge on any atom is -0.394 e. The van der Waals surface area contributed by atoms with E-state index < -0.39 is 45.1 Å². The van der Waals surface area contributed by atoms with Crippen molar-refractivity contribution in [2.45, 2.75) is 76.2 Å². The molecule has 0 amide bonds. The lowest BCUT2D eigenvalue weighted by Crippen LogP contribution is -2.59. The van der Waals surface area contributed by atoms with E-state index in [2.05, 4.69) is 11.4 Å². The van der Waals surface area contributed by atoms with Crippen LogP contribution in [0.1, 0.15) is 45.4 Å². The molecule has 0 aromatic rings. The van der Waals surface area contributed by atoms with E-state index in [-0.39, 0.29) is 6.61 Å². The first-order valence-corrected chi connectivity index (χ1v) is 9.81. The second kappa shape index (κ2) is 10.8. The largest absolute Gasteiger partial charge is 0.470 e. The third-order valence-electron chi connectivity index (χ3n) is 3.86. The van der Waals surface area contributed by atoms with Crippen LogP contribution in [0.15, 0.2) is 0 Å². The number of aliphatic hydroxyl groups excluding tert-OH is 3. The normalized spacial score (nSPS) is 31.3. The van der Waals surface area contributed by atoms with E-state index in [9.17, 15) is 14.8 Å². The minimum absolute atomic E-state index is 0.249. The number of phosphoric ester groups is 1. The Hall–Kier alpha value is -0.0900. The fourth-order valence-corrected chi connectivity index (χ4v) is 3.08. The number of hydrogen-bond donors (Lipinski definition) is 5. The molecule has 1 rings (SSSR count). The summed E-state index contributed by atoms with van der Waals surface area (Å²) in [6.07, 6.45) is -0.982. The molecule has 0 unspecified atom stereocenters. The summed E-state index contributed by atoms with van der Waals surface area (Å²) in [6.45, 7) is 1.80. The third kappa shape index (κ3) is 7.43. The van der Waals surface area contributed by atoms with Gasteiger partial charge in [0.2, 0.25) is 0 Å². The molecule has 1 fully saturated rings. The van der Waals surface area contributed by atoms with E-state index in [1.165, 1.54) is 6.42 Å². The molecule has 10 heteroatoms. The number of hydrogen-bond acceptors (Lipinski definition) is 7. The average molecular weight is 372 g/mol. The molecule has 0 spiro atoms. The highest BCUT2D eigenvalue weighted by atomic mass is 31.2. The number of aliphatic hydroxyl groups is 3. The quantitative estimate of drug-likeness (QED) is 0.255. The molecule has 144 valence electrons. The van der Waals surface area contributed by atoms with Crippen molar-refractivity contribution in [1.29, 1.82) is 0 Å². The lowest BCUT2D eigenvalue weighted by Gasteiger charge is -2.41. The zero-order chi connectivity index (χ0) is 18.2. The second-order valence-corrected chi connectivity index (χ2v) is 7.10. The summed E-state index contributed by atoms with van der Waals surface area (Å²) in [7, 11) is -4.91. The van der Waals surface area contributed by atoms with Crippen LogP contribution in [-0.2, 0) is 18.6 Å². The van der Waals surface area contributed by atoms with Crippen molar-refractivity contribution < 1.29 is 43.7 Å². The van der Waals surface area contributed by atoms with Crippen molar-refractivity contribution in [2.75, 3.05) is 13.2 Å². The van der Waals surface area contributed by atoms with E-state index in [0.717, 1.165) is 25.7 Å². The van der Waals surface area contributed by atoms with Crippen LogP contribution in [0.4, 0.5) is 0 Å². The Bertz CT molecular complexity index is 388. The molecule has 1 aliphatic heterocycles. The van der Waals surface area contributed by atoms with Gasteiger partial charge in [-0.2, -0.15) is 0 Å². The van der Waals surface area contributed by atoms with Gasteiger partial charge < -0.3 is 34.6 Å². The molecule has 1 heterocycles. The highest BCUT2D eigenvalue weighted by molar-refractivity contribution is 7.46. The van der Waals surface area contributed by atoms with E-state index in [1.807, 2.05) is 0 Å². The van der Waals surface area contributed by atoms with Gasteiger partial charge in [0, 0.05) is 6.61 Å². The smallest absolute Gasteiger partial charge is 0.394 e. The Labute approximate surface area is 141 Å². The predicted molar refractivity (Wildman–Crippen MR) is 84.0 cm³/mol. The van der Waals surface area contributed by atoms with Crippen molar-refractivity contribution in [2.24, 2.45) is 0 Å². The fourth-order valence-electron chi connectivity index (χ4n) is 2.54. The first kappa shape index (κ1) is 22.0. The minimum atomic E-state index is -4.91. The van der Waals surface area contributed by atoms with E-state index in [0.29, 0.717) is 6.42 Å². The Kier molecular flexibility index (Phi) is 9.88. The van der Waals surface area contributed by atoms with Crippen LogP contribution in [0.5, 0.6) is 0 Å². The lowest BCUT2D eigenvalue weighted by molar-refractivity contribution is -0.297. The zero-order valence-electron chi connectivity index (χ0n) is 13.9. The van der Waals surface area contributed by atoms with E-state index in [4.69, 9.17) is 24.4 Å². The van der Waals surface area contributed by atoms with Crippen molar-refractivity contribution in [3.8, 4) is 0 Å². The highest BCUT2D eigenvalue weighted by Crippen LogP contribution is 2.41. The predicted octanol–water partition coefficient (Wildman–Crippen LogP) is 0.280. The molecular formula is C14H29O9P. The molecule has 24 heavy (non-hydrogen) atoms. The van der Waals surface area contributed by atoms with Crippen LogP contribution in [-0.4, -0.2) is 69.0 Å². The Morgan fingerprint density at radius 2 is 1.67 bits per heavy atom. The van der Waals surface area contributed by atoms with Crippen LogP contribution in [0, 0.1) is 0 Å². The first-order valence-electron chi connectivity index (χ1n) is 8.28. The highest BCUT2D eigenvalue weighted by Gasteiger charge is 2.48. The molecular weight excluding hydrogens is 343 g/mol. The molecule has 5 atom stereocenters. The summed E-state index contributed by atoms with van der Waals surface area (Å²) in [4.78, 5) is 17.9. The monoisotopic (exact) mass is 372 g/mol. The van der Waals surface area contributed by atoms with Gasteiger partial charge in [0.25, 0.3) is 0 Å². The first-order chi connectivity index (χ1) is 11.3. The fraction of sp³-hybridized carbons (Fsp3) is 1.00. The van der Waals surface area contributed by atoms with Gasteiger partial charge in [-0.15, -0.1) is 0 Å². The molecule has 5 N–H and O–H groups in total. The molecule has 0 radical (unpaired) electrons. The van der Waals surface area contributed by atoms with Crippen LogP contribution in [0.25, 0.3) is 0 Å². The second-order valence-electron chi connectivity index (χ2n) is 5.91. The topological polar surface area (TPSA) is 146 Å². The van der Waals surface area contributed by atoms with Gasteiger partial charge in [0.1, 0.15) is 24.4 Å². The standard InChI is InChI=1S/C14H29O9P/c1-2-3-4-5-6-7-8-21-14-13(23-24(18,19)20)12(17)11(16)10(9-15)22-14/h10-17H,2-9H2,1H3,(H2,18,19,20)/t10-,11-,12+,13-,14-/m1/s1. The van der Waals surface area contributed by atoms with E-state index >= 15 is 0 Å². The van der Waals surface area contributed by atoms with Crippen LogP contribution in [0.2, 0.25) is 0 Å². The Balaban J connectivity index is 2.53. The van der Waals surface area contributed by atoms with Gasteiger partial charge in [-0.25, -0.2) is 4.57 Å². The van der Waals surface area contributed by atoms with Crippen molar-refractivity contribution in [3.63, 3.8) is 0 Å². The molecule has 9 nitrogen and oxygen atoms in total. The van der Waals surface area contributed by atoms with Crippen molar-refractivity contribution in [1.82, 2.24) is 0 Å². The van der Waals surface area contributed by atoms with Gasteiger partial charge in [-0.3, -0.25) is 4.52 Å². The summed E-state index contributed by atoms with van der Waals surface area (Å²) in [6, 6.07) is 0. The molecule has 0 aliphatic carbocycles. The summed E-state index contributed by atoms with van der Waals surface area (Å²) < 4.78 is 26.2. The summed E-state index contributed by atoms with van der Waals surface area (Å²) >= 11 is 0. The Morgan fingerprint density at radius 1 is 1.04 bits per heavy atom. The van der Waals surface area contributed by atoms with Gasteiger partial charge >= 0.3 is 7.82 Å². The molecule has 0 saturated carbocycles. The van der Waals surface area contributed by atoms with Gasteiger partial charge in [0.15, 0.2) is 6.29 Å². The van der Waals surface area contributed by atoms with Crippen LogP contribution < -0.4 is 0 Å². The van der Waals surface area contributed by atoms with Gasteiger partial charge in [0.05, 0.1) is 6.61 Å². The molecule has 0 aromatic heterocycles. The van der Waals surface area contributed by atoms with Crippen molar-refractivity contribution in [3.05, 3.63) is 0 Å². The Morgan fingerprint density at radius 3 is 2.25 bits per heavy atom. The number of rotatable bonds is 11. The van der Waals surface area contributed by atoms with Crippen molar-refractivity contribution >= 4 is 7.82 Å². The summed E-state index contributed by atoms with van der Waals surface area (Å²) in [5.41, 5.74) is 0. The van der Waals surface area contributed by atoms with E-state index in [1.54, 1.807) is 0 Å². The average Bonchev–Trinajstić information content (AvgIpc) is 2.51. The molecule has 0 bridgehead atoms. The molecule has 1 aliphatic rings. The number of ether oxygens (including phenoxy) is 2. The van der Waals surface area contributed by atoms with Gasteiger partial charge in [-0.1, -0.05) is 39.0 Å². The summed E-state index contributed by atoms with van der Waals surface area (Å²) in [5.74, 6) is 0. The van der Waals surface area contributed by atoms with Crippen LogP contribution in [0.3, 0.4) is 0 Å². The van der Waals surface area contributed by atoms with Crippen LogP contribution >= 0.6 is 7.82 Å². The molecule has 0 aromatic carbocycles. The number of phosphoric acid groups is 1.